The molecule has 3 heterocycles. The number of piperazine rings is 1. The van der Waals surface area contributed by atoms with Gasteiger partial charge in [-0.25, -0.2) is 4.79 Å². The van der Waals surface area contributed by atoms with Gasteiger partial charge in [-0.3, -0.25) is 4.90 Å². The Hall–Kier alpha value is -2.22. The van der Waals surface area contributed by atoms with Gasteiger partial charge in [0.15, 0.2) is 6.29 Å². The van der Waals surface area contributed by atoms with Crippen LogP contribution in [0, 0.1) is 11.3 Å². The van der Waals surface area contributed by atoms with E-state index in [1.807, 2.05) is 6.07 Å². The van der Waals surface area contributed by atoms with Crippen LogP contribution in [0.2, 0.25) is 0 Å². The number of carbonyl (C=O) groups is 1. The van der Waals surface area contributed by atoms with E-state index < -0.39 is 24.5 Å². The third-order valence-electron chi connectivity index (χ3n) is 5.64. The summed E-state index contributed by atoms with van der Waals surface area (Å²) < 4.78 is 11.7. The molecule has 4 rings (SSSR count). The van der Waals surface area contributed by atoms with Crippen LogP contribution in [0.25, 0.3) is 0 Å². The highest BCUT2D eigenvalue weighted by Gasteiger charge is 2.52. The van der Waals surface area contributed by atoms with E-state index in [9.17, 15) is 9.90 Å². The number of aliphatic hydroxyl groups is 1. The number of likely N-dealkylation sites (N-methyl/N-ethyl adjacent to an activating group) is 1. The first-order valence-electron chi connectivity index (χ1n) is 9.50. The highest BCUT2D eigenvalue weighted by molar-refractivity contribution is 5.89. The molecule has 0 spiro atoms. The van der Waals surface area contributed by atoms with Crippen LogP contribution < -0.4 is 10.6 Å². The van der Waals surface area contributed by atoms with E-state index in [1.165, 1.54) is 0 Å². The molecule has 5 atom stereocenters. The summed E-state index contributed by atoms with van der Waals surface area (Å²) in [6.07, 6.45) is -1.66. The molecule has 150 valence electrons. The quantitative estimate of drug-likeness (QED) is 0.658. The van der Waals surface area contributed by atoms with Gasteiger partial charge in [-0.1, -0.05) is 6.07 Å². The minimum absolute atomic E-state index is 0.320. The fourth-order valence-electron chi connectivity index (χ4n) is 4.07. The number of nitrogens with one attached hydrogen (secondary N) is 2. The van der Waals surface area contributed by atoms with E-state index >= 15 is 0 Å². The topological polar surface area (TPSA) is 110 Å². The van der Waals surface area contributed by atoms with Crippen molar-refractivity contribution in [2.75, 3.05) is 45.2 Å². The summed E-state index contributed by atoms with van der Waals surface area (Å²) in [6.45, 7) is 3.78. The zero-order chi connectivity index (χ0) is 19.7. The Balaban J connectivity index is 1.43. The second-order valence-electron chi connectivity index (χ2n) is 7.51. The first kappa shape index (κ1) is 19.1. The summed E-state index contributed by atoms with van der Waals surface area (Å²) in [5.74, 6) is 0. The van der Waals surface area contributed by atoms with Gasteiger partial charge in [-0.05, 0) is 25.2 Å². The van der Waals surface area contributed by atoms with Crippen molar-refractivity contribution in [1.82, 2.24) is 15.1 Å². The lowest BCUT2D eigenvalue weighted by molar-refractivity contribution is -0.184. The van der Waals surface area contributed by atoms with E-state index in [4.69, 9.17) is 14.7 Å². The van der Waals surface area contributed by atoms with E-state index in [-0.39, 0.29) is 12.1 Å². The van der Waals surface area contributed by atoms with Crippen molar-refractivity contribution in [2.45, 2.75) is 30.6 Å². The lowest BCUT2D eigenvalue weighted by atomic mass is 9.94. The molecule has 9 heteroatoms. The van der Waals surface area contributed by atoms with E-state index in [1.54, 1.807) is 24.3 Å². The van der Waals surface area contributed by atoms with Crippen molar-refractivity contribution in [3.8, 4) is 6.07 Å². The van der Waals surface area contributed by atoms with Gasteiger partial charge in [0, 0.05) is 31.9 Å². The number of fused-ring (bicyclic) bond motifs is 2. The normalized spacial score (nSPS) is 33.2. The van der Waals surface area contributed by atoms with Crippen LogP contribution in [0.1, 0.15) is 5.56 Å². The maximum atomic E-state index is 12.5. The number of hydrogen-bond acceptors (Lipinski definition) is 7. The smallest absolute Gasteiger partial charge is 0.319 e. The third kappa shape index (κ3) is 3.83. The summed E-state index contributed by atoms with van der Waals surface area (Å²) in [7, 11) is 2.07. The second kappa shape index (κ2) is 8.03. The van der Waals surface area contributed by atoms with Crippen molar-refractivity contribution in [1.29, 1.82) is 5.26 Å². The Labute approximate surface area is 163 Å². The van der Waals surface area contributed by atoms with Crippen LogP contribution >= 0.6 is 0 Å². The minimum atomic E-state index is -0.800. The monoisotopic (exact) mass is 387 g/mol. The van der Waals surface area contributed by atoms with Gasteiger partial charge in [-0.15, -0.1) is 0 Å². The Kier molecular flexibility index (Phi) is 5.48. The number of aliphatic hydroxyl groups excluding tert-OH is 1. The number of amides is 2. The highest BCUT2D eigenvalue weighted by atomic mass is 16.7. The summed E-state index contributed by atoms with van der Waals surface area (Å²) in [6, 6.07) is 7.35. The molecule has 28 heavy (non-hydrogen) atoms. The number of carbonyl (C=O) groups excluding carboxylic acids is 1. The molecule has 0 saturated carbocycles. The number of nitrogens with zero attached hydrogens (tertiary/aromatic N) is 3. The van der Waals surface area contributed by atoms with Crippen molar-refractivity contribution < 1.29 is 19.4 Å². The molecular formula is C19H25N5O4. The maximum absolute atomic E-state index is 12.5. The number of ether oxygens (including phenoxy) is 2. The molecule has 3 fully saturated rings. The number of benzene rings is 1. The Morgan fingerprint density at radius 1 is 1.32 bits per heavy atom. The van der Waals surface area contributed by atoms with Gasteiger partial charge in [0.25, 0.3) is 0 Å². The van der Waals surface area contributed by atoms with Crippen LogP contribution in [0.15, 0.2) is 24.3 Å². The summed E-state index contributed by atoms with van der Waals surface area (Å²) >= 11 is 0. The molecule has 0 unspecified atom stereocenters. The molecular weight excluding hydrogens is 362 g/mol. The molecule has 2 bridgehead atoms. The summed E-state index contributed by atoms with van der Waals surface area (Å²) in [5.41, 5.74) is 0.972. The zero-order valence-corrected chi connectivity index (χ0v) is 15.7. The molecule has 3 N–H and O–H groups in total. The van der Waals surface area contributed by atoms with Crippen molar-refractivity contribution in [2.24, 2.45) is 0 Å². The molecule has 3 aliphatic rings. The van der Waals surface area contributed by atoms with Crippen molar-refractivity contribution in [3.05, 3.63) is 29.8 Å². The number of nitriles is 1. The minimum Gasteiger partial charge on any atom is -0.389 e. The largest absolute Gasteiger partial charge is 0.389 e. The number of rotatable bonds is 3. The second-order valence-corrected chi connectivity index (χ2v) is 7.51. The fraction of sp³-hybridized carbons (Fsp3) is 0.579. The van der Waals surface area contributed by atoms with Crippen LogP contribution in [-0.2, 0) is 9.47 Å². The molecule has 3 aliphatic heterocycles. The molecule has 1 aromatic rings. The van der Waals surface area contributed by atoms with E-state index in [0.717, 1.165) is 26.2 Å². The van der Waals surface area contributed by atoms with Crippen LogP contribution in [0.4, 0.5) is 10.5 Å². The van der Waals surface area contributed by atoms with Crippen LogP contribution in [-0.4, -0.2) is 91.4 Å². The lowest BCUT2D eigenvalue weighted by Gasteiger charge is -2.46. The van der Waals surface area contributed by atoms with Gasteiger partial charge in [0.05, 0.1) is 36.4 Å². The third-order valence-corrected chi connectivity index (χ3v) is 5.64. The Morgan fingerprint density at radius 3 is 2.86 bits per heavy atom. The van der Waals surface area contributed by atoms with Crippen LogP contribution in [0.5, 0.6) is 0 Å². The van der Waals surface area contributed by atoms with E-state index in [2.05, 4.69) is 27.5 Å². The number of hydrogen-bond donors (Lipinski definition) is 3. The first-order valence-corrected chi connectivity index (χ1v) is 9.50. The van der Waals surface area contributed by atoms with Crippen molar-refractivity contribution >= 4 is 11.7 Å². The maximum Gasteiger partial charge on any atom is 0.319 e. The molecule has 1 aromatic carbocycles. The Morgan fingerprint density at radius 2 is 2.11 bits per heavy atom. The molecule has 2 amide bonds. The average Bonchev–Trinajstić information content (AvgIpc) is 3.12. The highest BCUT2D eigenvalue weighted by Crippen LogP contribution is 2.32. The fourth-order valence-corrected chi connectivity index (χ4v) is 4.07. The van der Waals surface area contributed by atoms with Crippen LogP contribution in [0.3, 0.4) is 0 Å². The number of anilines is 1. The van der Waals surface area contributed by atoms with Crippen molar-refractivity contribution in [3.63, 3.8) is 0 Å². The molecule has 0 aliphatic carbocycles. The predicted octanol–water partition coefficient (Wildman–Crippen LogP) is -0.220. The van der Waals surface area contributed by atoms with Gasteiger partial charge in [0.1, 0.15) is 6.10 Å². The number of urea groups is 1. The summed E-state index contributed by atoms with van der Waals surface area (Å²) in [4.78, 5) is 16.9. The molecule has 3 saturated heterocycles. The van der Waals surface area contributed by atoms with Gasteiger partial charge >= 0.3 is 6.03 Å². The first-order chi connectivity index (χ1) is 13.5. The molecule has 0 radical (unpaired) electrons. The lowest BCUT2D eigenvalue weighted by Crippen LogP contribution is -2.67. The average molecular weight is 387 g/mol. The molecule has 0 aromatic heterocycles. The van der Waals surface area contributed by atoms with Gasteiger partial charge in [-0.2, -0.15) is 5.26 Å². The molecule has 9 nitrogen and oxygen atoms in total. The van der Waals surface area contributed by atoms with E-state index in [0.29, 0.717) is 17.9 Å². The predicted molar refractivity (Wildman–Crippen MR) is 101 cm³/mol. The zero-order valence-electron chi connectivity index (χ0n) is 15.7. The summed E-state index contributed by atoms with van der Waals surface area (Å²) in [5, 5.41) is 25.6. The van der Waals surface area contributed by atoms with Gasteiger partial charge < -0.3 is 30.1 Å². The van der Waals surface area contributed by atoms with Gasteiger partial charge in [0.2, 0.25) is 0 Å². The standard InChI is InChI=1S/C19H25N5O4/c1-23-5-7-24(8-6-23)16-17(25)15(14-11-27-18(16)28-14)22-19(26)21-13-4-2-3-12(9-13)10-20/h2-4,9,14-18,25H,5-8,11H2,1H3,(H2,21,22,26)/t14-,15-,16-,17+,18-/m1/s1. The Bertz CT molecular complexity index is 761. The SMILES string of the molecule is CN1CCN([C@H]2[C@@H]3OC[C@@H](O3)[C@@H](NC(=O)Nc3cccc(C#N)c3)[C@@H]2O)CC1.